The molecule has 0 amide bonds. The van der Waals surface area contributed by atoms with Crippen LogP contribution in [0.15, 0.2) is 24.6 Å². The van der Waals surface area contributed by atoms with E-state index in [0.29, 0.717) is 10.6 Å². The first kappa shape index (κ1) is 25.2. The van der Waals surface area contributed by atoms with E-state index >= 15 is 0 Å². The summed E-state index contributed by atoms with van der Waals surface area (Å²) in [4.78, 5) is 0. The number of hydrogen-bond donors (Lipinski definition) is 2. The molecule has 0 saturated heterocycles. The highest BCUT2D eigenvalue weighted by Gasteiger charge is 2.40. The second-order valence-electron chi connectivity index (χ2n) is 8.67. The van der Waals surface area contributed by atoms with Gasteiger partial charge in [0.05, 0.1) is 12.7 Å². The summed E-state index contributed by atoms with van der Waals surface area (Å²) in [5, 5.41) is 13.6. The van der Waals surface area contributed by atoms with E-state index < -0.39 is 0 Å². The van der Waals surface area contributed by atoms with Crippen molar-refractivity contribution < 1.29 is 9.59 Å². The number of hydrogen-bond acceptors (Lipinski definition) is 2. The minimum Gasteiger partial charge on any atom is -0.345 e. The van der Waals surface area contributed by atoms with Crippen LogP contribution in [0.2, 0.25) is 0 Å². The average molecular weight is 394 g/mol. The van der Waals surface area contributed by atoms with E-state index in [-0.39, 0.29) is 6.23 Å². The van der Waals surface area contributed by atoms with Crippen molar-refractivity contribution in [2.45, 2.75) is 129 Å². The Morgan fingerprint density at radius 1 is 0.857 bits per heavy atom. The van der Waals surface area contributed by atoms with Crippen LogP contribution in [-0.4, -0.2) is 28.5 Å². The first-order valence-electron chi connectivity index (χ1n) is 12.3. The Hall–Kier alpha value is -0.800. The Morgan fingerprint density at radius 3 is 1.93 bits per heavy atom. The van der Waals surface area contributed by atoms with Gasteiger partial charge in [-0.05, 0) is 39.0 Å². The summed E-state index contributed by atoms with van der Waals surface area (Å²) in [6.07, 6.45) is 29.1. The van der Waals surface area contributed by atoms with Crippen molar-refractivity contribution >= 4 is 0 Å². The van der Waals surface area contributed by atoms with Crippen molar-refractivity contribution in [3.63, 3.8) is 0 Å². The van der Waals surface area contributed by atoms with E-state index in [4.69, 9.17) is 0 Å². The minimum absolute atomic E-state index is 0.339. The monoisotopic (exact) mass is 393 g/mol. The number of nitrogens with one attached hydrogen (secondary N) is 1. The van der Waals surface area contributed by atoms with Crippen LogP contribution in [0.1, 0.15) is 117 Å². The number of allylic oxidation sites excluding steroid dienone is 2. The van der Waals surface area contributed by atoms with Crippen molar-refractivity contribution in [2.24, 2.45) is 0 Å². The van der Waals surface area contributed by atoms with Crippen LogP contribution in [0.25, 0.3) is 0 Å². The fourth-order valence-corrected chi connectivity index (χ4v) is 4.42. The van der Waals surface area contributed by atoms with Crippen LogP contribution in [-0.2, 0) is 0 Å². The predicted molar refractivity (Wildman–Crippen MR) is 123 cm³/mol. The molecule has 3 heteroatoms. The van der Waals surface area contributed by atoms with Gasteiger partial charge in [-0.2, -0.15) is 0 Å². The van der Waals surface area contributed by atoms with Crippen LogP contribution in [0.3, 0.4) is 0 Å². The maximum Gasteiger partial charge on any atom is 0.193 e. The smallest absolute Gasteiger partial charge is 0.193 e. The third-order valence-electron chi connectivity index (χ3n) is 6.45. The number of rotatable bonds is 18. The molecule has 1 aliphatic heterocycles. The van der Waals surface area contributed by atoms with Gasteiger partial charge in [0.1, 0.15) is 6.20 Å². The predicted octanol–water partition coefficient (Wildman–Crippen LogP) is 6.99. The normalized spacial score (nSPS) is 22.8. The molecule has 2 N–H and O–H groups in total. The number of nitrogens with zero attached hydrogens (tertiary/aromatic N) is 1. The second kappa shape index (κ2) is 16.0. The van der Waals surface area contributed by atoms with Gasteiger partial charge in [0.15, 0.2) is 12.4 Å². The highest BCUT2D eigenvalue weighted by Crippen LogP contribution is 2.25. The van der Waals surface area contributed by atoms with Gasteiger partial charge in [-0.3, -0.25) is 4.48 Å². The molecule has 0 fully saturated rings. The Balaban J connectivity index is 1.92. The highest BCUT2D eigenvalue weighted by atomic mass is 16.3. The molecule has 0 spiro atoms. The van der Waals surface area contributed by atoms with Gasteiger partial charge in [0.25, 0.3) is 0 Å². The number of quaternary nitrogens is 1. The van der Waals surface area contributed by atoms with Gasteiger partial charge in [0, 0.05) is 13.3 Å². The molecule has 0 saturated carbocycles. The molecule has 3 nitrogen and oxygen atoms in total. The third-order valence-corrected chi connectivity index (χ3v) is 6.45. The molecule has 0 aromatic carbocycles. The number of aliphatic hydroxyl groups is 1. The molecule has 3 atom stereocenters. The number of aliphatic hydroxyl groups excluding tert-OH is 1. The molecule has 3 unspecified atom stereocenters. The molecular formula is C25H49N2O+. The summed E-state index contributed by atoms with van der Waals surface area (Å²) in [7, 11) is 0. The summed E-state index contributed by atoms with van der Waals surface area (Å²) in [5.41, 5.74) is 0. The molecule has 0 aliphatic carbocycles. The van der Waals surface area contributed by atoms with E-state index in [1.807, 2.05) is 13.1 Å². The zero-order valence-electron chi connectivity index (χ0n) is 19.2. The van der Waals surface area contributed by atoms with Gasteiger partial charge in [-0.1, -0.05) is 76.9 Å². The van der Waals surface area contributed by atoms with Crippen molar-refractivity contribution in [3.8, 4) is 0 Å². The first-order chi connectivity index (χ1) is 13.7. The van der Waals surface area contributed by atoms with E-state index in [2.05, 4.69) is 37.5 Å². The van der Waals surface area contributed by atoms with Crippen molar-refractivity contribution in [1.29, 1.82) is 0 Å². The standard InChI is InChI=1S/C25H49N2O/c1-4-6-7-8-9-10-11-12-13-14-15-16-17-18-19-20-21-25-26-22-23-27(25,5-2)24(3)28/h13-14,22-26,28H,4-12,15-21H2,1-3H3/q+1/b14-13+. The SMILES string of the molecule is CCCCCCCCC/C=C/CCCCCCCC1NC=C[N+]1(CC)C(C)O. The molecule has 1 heterocycles. The van der Waals surface area contributed by atoms with E-state index in [0.717, 1.165) is 13.0 Å². The fourth-order valence-electron chi connectivity index (χ4n) is 4.42. The molecule has 0 radical (unpaired) electrons. The van der Waals surface area contributed by atoms with Crippen LogP contribution >= 0.6 is 0 Å². The maximum absolute atomic E-state index is 10.2. The van der Waals surface area contributed by atoms with Crippen LogP contribution in [0.5, 0.6) is 0 Å². The van der Waals surface area contributed by atoms with Gasteiger partial charge >= 0.3 is 0 Å². The summed E-state index contributed by atoms with van der Waals surface area (Å²) in [5.74, 6) is 0. The Morgan fingerprint density at radius 2 is 1.39 bits per heavy atom. The van der Waals surface area contributed by atoms with E-state index in [9.17, 15) is 5.11 Å². The lowest BCUT2D eigenvalue weighted by Gasteiger charge is -2.39. The molecule has 164 valence electrons. The van der Waals surface area contributed by atoms with Gasteiger partial charge in [-0.25, -0.2) is 0 Å². The lowest BCUT2D eigenvalue weighted by atomic mass is 10.1. The van der Waals surface area contributed by atoms with Crippen LogP contribution in [0.4, 0.5) is 0 Å². The maximum atomic E-state index is 10.2. The Kier molecular flexibility index (Phi) is 14.5. The highest BCUT2D eigenvalue weighted by molar-refractivity contribution is 4.84. The van der Waals surface area contributed by atoms with Crippen molar-refractivity contribution in [3.05, 3.63) is 24.6 Å². The second-order valence-corrected chi connectivity index (χ2v) is 8.67. The fraction of sp³-hybridized carbons (Fsp3) is 0.840. The Labute approximate surface area is 175 Å². The molecule has 1 aliphatic rings. The zero-order valence-corrected chi connectivity index (χ0v) is 19.2. The lowest BCUT2D eigenvalue weighted by Crippen LogP contribution is -2.57. The van der Waals surface area contributed by atoms with Gasteiger partial charge in [0.2, 0.25) is 0 Å². The zero-order chi connectivity index (χ0) is 20.5. The molecule has 1 rings (SSSR count). The van der Waals surface area contributed by atoms with Crippen molar-refractivity contribution in [2.75, 3.05) is 6.54 Å². The largest absolute Gasteiger partial charge is 0.345 e. The average Bonchev–Trinajstić information content (AvgIpc) is 3.12. The van der Waals surface area contributed by atoms with E-state index in [1.54, 1.807) is 0 Å². The Bertz CT molecular complexity index is 419. The summed E-state index contributed by atoms with van der Waals surface area (Å²) in [6.45, 7) is 7.30. The van der Waals surface area contributed by atoms with Crippen LogP contribution in [0, 0.1) is 0 Å². The summed E-state index contributed by atoms with van der Waals surface area (Å²) >= 11 is 0. The van der Waals surface area contributed by atoms with Crippen LogP contribution < -0.4 is 5.32 Å². The lowest BCUT2D eigenvalue weighted by molar-refractivity contribution is -0.942. The quantitative estimate of drug-likeness (QED) is 0.149. The molecule has 0 bridgehead atoms. The third kappa shape index (κ3) is 9.60. The topological polar surface area (TPSA) is 32.3 Å². The van der Waals surface area contributed by atoms with Gasteiger partial charge < -0.3 is 10.4 Å². The van der Waals surface area contributed by atoms with Gasteiger partial charge in [-0.15, -0.1) is 0 Å². The first-order valence-corrected chi connectivity index (χ1v) is 12.3. The number of unbranched alkanes of at least 4 members (excludes halogenated alkanes) is 12. The summed E-state index contributed by atoms with van der Waals surface area (Å²) in [6, 6.07) is 0. The van der Waals surface area contributed by atoms with Crippen molar-refractivity contribution in [1.82, 2.24) is 5.32 Å². The molecule has 28 heavy (non-hydrogen) atoms. The summed E-state index contributed by atoms with van der Waals surface area (Å²) < 4.78 is 0.670. The molecular weight excluding hydrogens is 344 g/mol. The minimum atomic E-state index is -0.339. The molecule has 0 aromatic rings. The molecule has 0 aromatic heterocycles. The van der Waals surface area contributed by atoms with E-state index in [1.165, 1.54) is 89.9 Å².